The Morgan fingerprint density at radius 3 is 2.67 bits per heavy atom. The fourth-order valence-electron chi connectivity index (χ4n) is 1.40. The number of carbonyl (C=O) groups is 1. The van der Waals surface area contributed by atoms with Crippen molar-refractivity contribution in [2.75, 3.05) is 20.3 Å². The molecule has 0 fully saturated rings. The molecule has 1 rings (SSSR count). The fraction of sp³-hybridized carbons (Fsp3) is 0.462. The van der Waals surface area contributed by atoms with Crippen molar-refractivity contribution in [1.29, 1.82) is 0 Å². The zero-order chi connectivity index (χ0) is 13.5. The lowest BCUT2D eigenvalue weighted by atomic mass is 10.1. The van der Waals surface area contributed by atoms with Crippen molar-refractivity contribution in [3.05, 3.63) is 23.8 Å². The zero-order valence-corrected chi connectivity index (χ0v) is 10.5. The third-order valence-corrected chi connectivity index (χ3v) is 2.45. The number of carbonyl (C=O) groups excluding carboxylic acids is 1. The Hall–Kier alpha value is -1.59. The first kappa shape index (κ1) is 14.5. The van der Waals surface area contributed by atoms with Crippen molar-refractivity contribution < 1.29 is 24.5 Å². The van der Waals surface area contributed by atoms with E-state index in [9.17, 15) is 9.90 Å². The molecule has 1 aromatic rings. The van der Waals surface area contributed by atoms with Crippen LogP contribution in [0.5, 0.6) is 11.5 Å². The van der Waals surface area contributed by atoms with E-state index >= 15 is 0 Å². The molecule has 0 aliphatic carbocycles. The monoisotopic (exact) mass is 254 g/mol. The smallest absolute Gasteiger partial charge is 0.162 e. The van der Waals surface area contributed by atoms with Gasteiger partial charge in [0.15, 0.2) is 17.3 Å². The minimum Gasteiger partial charge on any atom is -0.493 e. The quantitative estimate of drug-likeness (QED) is 0.710. The van der Waals surface area contributed by atoms with Crippen LogP contribution >= 0.6 is 0 Å². The van der Waals surface area contributed by atoms with Gasteiger partial charge in [0.1, 0.15) is 12.7 Å². The third kappa shape index (κ3) is 3.72. The minimum absolute atomic E-state index is 0.0234. The van der Waals surface area contributed by atoms with Gasteiger partial charge in [0.05, 0.1) is 13.7 Å². The summed E-state index contributed by atoms with van der Waals surface area (Å²) in [5, 5.41) is 17.9. The van der Waals surface area contributed by atoms with Crippen LogP contribution in [0.25, 0.3) is 0 Å². The number of hydrogen-bond donors (Lipinski definition) is 2. The molecule has 0 aliphatic heterocycles. The van der Waals surface area contributed by atoms with Crippen molar-refractivity contribution in [3.8, 4) is 11.5 Å². The summed E-state index contributed by atoms with van der Waals surface area (Å²) in [5.41, 5.74) is 0.560. The van der Waals surface area contributed by atoms with Gasteiger partial charge in [-0.2, -0.15) is 0 Å². The highest BCUT2D eigenvalue weighted by Crippen LogP contribution is 2.28. The third-order valence-electron chi connectivity index (χ3n) is 2.45. The van der Waals surface area contributed by atoms with Crippen molar-refractivity contribution in [3.63, 3.8) is 0 Å². The Balaban J connectivity index is 2.83. The van der Waals surface area contributed by atoms with Gasteiger partial charge in [-0.3, -0.25) is 4.79 Å². The van der Waals surface area contributed by atoms with E-state index in [2.05, 4.69) is 0 Å². The van der Waals surface area contributed by atoms with Gasteiger partial charge in [-0.25, -0.2) is 0 Å². The first-order chi connectivity index (χ1) is 8.62. The van der Waals surface area contributed by atoms with Gasteiger partial charge in [-0.05, 0) is 18.2 Å². The molecule has 2 N–H and O–H groups in total. The number of ether oxygens (including phenoxy) is 2. The molecule has 0 aromatic heterocycles. The number of aliphatic hydroxyl groups excluding tert-OH is 2. The molecule has 18 heavy (non-hydrogen) atoms. The molecule has 100 valence electrons. The first-order valence-electron chi connectivity index (χ1n) is 5.75. The largest absolute Gasteiger partial charge is 0.493 e. The highest BCUT2D eigenvalue weighted by Gasteiger charge is 2.11. The Kier molecular flexibility index (Phi) is 5.61. The van der Waals surface area contributed by atoms with Gasteiger partial charge in [0, 0.05) is 12.0 Å². The van der Waals surface area contributed by atoms with E-state index < -0.39 is 6.10 Å². The molecule has 0 spiro atoms. The van der Waals surface area contributed by atoms with Crippen molar-refractivity contribution >= 4 is 5.78 Å². The lowest BCUT2D eigenvalue weighted by molar-refractivity contribution is 0.0527. The molecule has 0 heterocycles. The second-order valence-electron chi connectivity index (χ2n) is 3.79. The molecule has 1 aromatic carbocycles. The summed E-state index contributed by atoms with van der Waals surface area (Å²) in [5.74, 6) is 0.882. The molecule has 0 amide bonds. The first-order valence-corrected chi connectivity index (χ1v) is 5.75. The van der Waals surface area contributed by atoms with Gasteiger partial charge < -0.3 is 19.7 Å². The Bertz CT molecular complexity index is 402. The van der Waals surface area contributed by atoms with Crippen LogP contribution in [0.4, 0.5) is 0 Å². The van der Waals surface area contributed by atoms with Crippen LogP contribution in [0.1, 0.15) is 23.7 Å². The molecule has 5 heteroatoms. The van der Waals surface area contributed by atoms with Crippen LogP contribution in [0.3, 0.4) is 0 Å². The van der Waals surface area contributed by atoms with Gasteiger partial charge >= 0.3 is 0 Å². The molecule has 5 nitrogen and oxygen atoms in total. The average Bonchev–Trinajstić information content (AvgIpc) is 2.43. The van der Waals surface area contributed by atoms with E-state index in [0.29, 0.717) is 23.5 Å². The summed E-state index contributed by atoms with van der Waals surface area (Å²) in [6, 6.07) is 4.87. The van der Waals surface area contributed by atoms with Crippen molar-refractivity contribution in [2.45, 2.75) is 19.4 Å². The number of hydrogen-bond acceptors (Lipinski definition) is 5. The number of aliphatic hydroxyl groups is 2. The number of methoxy groups -OCH3 is 1. The van der Waals surface area contributed by atoms with E-state index in [4.69, 9.17) is 14.6 Å². The second kappa shape index (κ2) is 6.98. The van der Waals surface area contributed by atoms with Gasteiger partial charge in [-0.15, -0.1) is 0 Å². The summed E-state index contributed by atoms with van der Waals surface area (Å²) in [6.07, 6.45) is -0.515. The van der Waals surface area contributed by atoms with Crippen LogP contribution in [-0.2, 0) is 0 Å². The SMILES string of the molecule is CCC(=O)c1ccc(OCC(O)CO)c(OC)c1. The fourth-order valence-corrected chi connectivity index (χ4v) is 1.40. The topological polar surface area (TPSA) is 76.0 Å². The summed E-state index contributed by atoms with van der Waals surface area (Å²) in [4.78, 5) is 11.5. The van der Waals surface area contributed by atoms with E-state index in [1.165, 1.54) is 7.11 Å². The van der Waals surface area contributed by atoms with Crippen molar-refractivity contribution in [1.82, 2.24) is 0 Å². The maximum absolute atomic E-state index is 11.5. The molecule has 1 atom stereocenters. The predicted molar refractivity (Wildman–Crippen MR) is 66.2 cm³/mol. The number of rotatable bonds is 7. The van der Waals surface area contributed by atoms with Crippen LogP contribution < -0.4 is 9.47 Å². The molecule has 0 saturated heterocycles. The summed E-state index contributed by atoms with van der Waals surface area (Å²) >= 11 is 0. The van der Waals surface area contributed by atoms with Crippen LogP contribution in [0.15, 0.2) is 18.2 Å². The summed E-state index contributed by atoms with van der Waals surface area (Å²) in [7, 11) is 1.48. The lowest BCUT2D eigenvalue weighted by Crippen LogP contribution is -2.21. The van der Waals surface area contributed by atoms with E-state index in [1.54, 1.807) is 25.1 Å². The lowest BCUT2D eigenvalue weighted by Gasteiger charge is -2.13. The molecule has 0 aliphatic rings. The van der Waals surface area contributed by atoms with Gasteiger partial charge in [0.2, 0.25) is 0 Å². The standard InChI is InChI=1S/C13H18O5/c1-3-11(16)9-4-5-12(13(6-9)17-2)18-8-10(15)7-14/h4-6,10,14-15H,3,7-8H2,1-2H3. The summed E-state index contributed by atoms with van der Waals surface area (Å²) in [6.45, 7) is 1.39. The number of Topliss-reactive ketones (excluding diaryl/α,β-unsaturated/α-hetero) is 1. The molecule has 0 radical (unpaired) electrons. The number of benzene rings is 1. The van der Waals surface area contributed by atoms with Crippen LogP contribution in [0.2, 0.25) is 0 Å². The minimum atomic E-state index is -0.938. The van der Waals surface area contributed by atoms with E-state index in [-0.39, 0.29) is 19.0 Å². The van der Waals surface area contributed by atoms with E-state index in [0.717, 1.165) is 0 Å². The van der Waals surface area contributed by atoms with Gasteiger partial charge in [0.25, 0.3) is 0 Å². The second-order valence-corrected chi connectivity index (χ2v) is 3.79. The highest BCUT2D eigenvalue weighted by atomic mass is 16.5. The normalized spacial score (nSPS) is 12.0. The zero-order valence-electron chi connectivity index (χ0n) is 10.5. The average molecular weight is 254 g/mol. The highest BCUT2D eigenvalue weighted by molar-refractivity contribution is 5.96. The van der Waals surface area contributed by atoms with Crippen LogP contribution in [0, 0.1) is 0 Å². The predicted octanol–water partition coefficient (Wildman–Crippen LogP) is 1.02. The van der Waals surface area contributed by atoms with Gasteiger partial charge in [-0.1, -0.05) is 6.92 Å². The van der Waals surface area contributed by atoms with Crippen molar-refractivity contribution in [2.24, 2.45) is 0 Å². The van der Waals surface area contributed by atoms with E-state index in [1.807, 2.05) is 0 Å². The van der Waals surface area contributed by atoms with Crippen LogP contribution in [-0.4, -0.2) is 42.4 Å². The Morgan fingerprint density at radius 1 is 1.39 bits per heavy atom. The Morgan fingerprint density at radius 2 is 2.11 bits per heavy atom. The maximum Gasteiger partial charge on any atom is 0.162 e. The molecular weight excluding hydrogens is 236 g/mol. The molecule has 0 bridgehead atoms. The summed E-state index contributed by atoms with van der Waals surface area (Å²) < 4.78 is 10.4. The molecule has 0 saturated carbocycles. The number of ketones is 1. The Labute approximate surface area is 106 Å². The maximum atomic E-state index is 11.5. The molecular formula is C13H18O5. The molecule has 1 unspecified atom stereocenters.